The third-order valence-corrected chi connectivity index (χ3v) is 2.70. The normalized spacial score (nSPS) is 17.4. The predicted octanol–water partition coefficient (Wildman–Crippen LogP) is 1.65. The molecule has 1 aliphatic rings. The minimum Gasteiger partial charge on any atom is -0.478 e. The number of nitrogens with one attached hydrogen (secondary N) is 1. The zero-order valence-electron chi connectivity index (χ0n) is 10.4. The summed E-state index contributed by atoms with van der Waals surface area (Å²) in [7, 11) is 0. The Morgan fingerprint density at radius 1 is 1.50 bits per heavy atom. The van der Waals surface area contributed by atoms with Crippen molar-refractivity contribution in [2.45, 2.75) is 26.4 Å². The van der Waals surface area contributed by atoms with Gasteiger partial charge < -0.3 is 14.8 Å². The van der Waals surface area contributed by atoms with Gasteiger partial charge in [-0.2, -0.15) is 0 Å². The van der Waals surface area contributed by atoms with Gasteiger partial charge >= 0.3 is 5.97 Å². The van der Waals surface area contributed by atoms with E-state index in [1.165, 1.54) is 0 Å². The molecule has 5 nitrogen and oxygen atoms in total. The highest BCUT2D eigenvalue weighted by atomic mass is 16.5. The monoisotopic (exact) mass is 249 g/mol. The number of esters is 1. The lowest BCUT2D eigenvalue weighted by Crippen LogP contribution is -2.39. The van der Waals surface area contributed by atoms with Crippen molar-refractivity contribution in [2.75, 3.05) is 11.9 Å². The zero-order valence-corrected chi connectivity index (χ0v) is 10.4. The van der Waals surface area contributed by atoms with Crippen molar-refractivity contribution < 1.29 is 19.1 Å². The second-order valence-electron chi connectivity index (χ2n) is 4.05. The van der Waals surface area contributed by atoms with E-state index in [0.29, 0.717) is 18.0 Å². The molecule has 96 valence electrons. The highest BCUT2D eigenvalue weighted by molar-refractivity contribution is 6.00. The van der Waals surface area contributed by atoms with Gasteiger partial charge in [0.05, 0.1) is 18.7 Å². The van der Waals surface area contributed by atoms with Crippen LogP contribution in [0.15, 0.2) is 18.2 Å². The number of para-hydroxylation sites is 1. The zero-order chi connectivity index (χ0) is 13.1. The molecule has 1 amide bonds. The molecule has 0 fully saturated rings. The van der Waals surface area contributed by atoms with E-state index in [1.807, 2.05) is 19.1 Å². The molecule has 0 aromatic heterocycles. The molecule has 0 radical (unpaired) electrons. The fourth-order valence-corrected chi connectivity index (χ4v) is 1.82. The molecule has 5 heteroatoms. The van der Waals surface area contributed by atoms with Gasteiger partial charge in [-0.25, -0.2) is 0 Å². The maximum Gasteiger partial charge on any atom is 0.310 e. The van der Waals surface area contributed by atoms with Crippen LogP contribution in [0.25, 0.3) is 0 Å². The molecule has 0 saturated carbocycles. The van der Waals surface area contributed by atoms with E-state index in [4.69, 9.17) is 9.47 Å². The van der Waals surface area contributed by atoms with E-state index in [9.17, 15) is 9.59 Å². The summed E-state index contributed by atoms with van der Waals surface area (Å²) in [6.45, 7) is 3.90. The summed E-state index contributed by atoms with van der Waals surface area (Å²) in [5.74, 6) is -0.164. The average Bonchev–Trinajstić information content (AvgIpc) is 2.32. The van der Waals surface area contributed by atoms with Gasteiger partial charge in [0.2, 0.25) is 0 Å². The summed E-state index contributed by atoms with van der Waals surface area (Å²) >= 11 is 0. The molecular formula is C13H15NO4. The third kappa shape index (κ3) is 2.45. The number of benzene rings is 1. The van der Waals surface area contributed by atoms with E-state index < -0.39 is 12.1 Å². The standard InChI is InChI=1S/C13H15NO4/c1-3-17-11(15)7-10-13(16)14-12-8(2)5-4-6-9(12)18-10/h4-6,10H,3,7H2,1-2H3,(H,14,16). The summed E-state index contributed by atoms with van der Waals surface area (Å²) in [6.07, 6.45) is -0.897. The summed E-state index contributed by atoms with van der Waals surface area (Å²) in [5.41, 5.74) is 1.60. The van der Waals surface area contributed by atoms with Gasteiger partial charge in [0.25, 0.3) is 5.91 Å². The number of anilines is 1. The molecule has 18 heavy (non-hydrogen) atoms. The smallest absolute Gasteiger partial charge is 0.310 e. The molecule has 0 aliphatic carbocycles. The summed E-state index contributed by atoms with van der Waals surface area (Å²) in [6, 6.07) is 5.49. The quantitative estimate of drug-likeness (QED) is 0.827. The predicted molar refractivity (Wildman–Crippen MR) is 65.5 cm³/mol. The van der Waals surface area contributed by atoms with E-state index >= 15 is 0 Å². The molecule has 0 bridgehead atoms. The second-order valence-corrected chi connectivity index (χ2v) is 4.05. The number of carbonyl (C=O) groups excluding carboxylic acids is 2. The Balaban J connectivity index is 2.13. The number of hydrogen-bond donors (Lipinski definition) is 1. The molecule has 1 atom stereocenters. The number of aryl methyl sites for hydroxylation is 1. The molecule has 1 N–H and O–H groups in total. The number of hydrogen-bond acceptors (Lipinski definition) is 4. The highest BCUT2D eigenvalue weighted by Crippen LogP contribution is 2.32. The maximum absolute atomic E-state index is 11.8. The van der Waals surface area contributed by atoms with Crippen molar-refractivity contribution in [1.82, 2.24) is 0 Å². The minimum absolute atomic E-state index is 0.0763. The summed E-state index contributed by atoms with van der Waals surface area (Å²) in [5, 5.41) is 2.75. The van der Waals surface area contributed by atoms with E-state index in [2.05, 4.69) is 5.32 Å². The first kappa shape index (κ1) is 12.4. The number of carbonyl (C=O) groups is 2. The second kappa shape index (κ2) is 5.08. The van der Waals surface area contributed by atoms with Crippen LogP contribution in [0.4, 0.5) is 5.69 Å². The van der Waals surface area contributed by atoms with Gasteiger partial charge in [-0.05, 0) is 25.5 Å². The van der Waals surface area contributed by atoms with Crippen molar-refractivity contribution >= 4 is 17.6 Å². The van der Waals surface area contributed by atoms with Crippen molar-refractivity contribution in [1.29, 1.82) is 0 Å². The Morgan fingerprint density at radius 2 is 2.28 bits per heavy atom. The Labute approximate surface area is 105 Å². The first-order valence-electron chi connectivity index (χ1n) is 5.84. The molecule has 1 aliphatic heterocycles. The first-order valence-corrected chi connectivity index (χ1v) is 5.84. The van der Waals surface area contributed by atoms with Gasteiger partial charge in [0, 0.05) is 0 Å². The van der Waals surface area contributed by atoms with Gasteiger partial charge in [0.15, 0.2) is 6.10 Å². The lowest BCUT2D eigenvalue weighted by Gasteiger charge is -2.26. The molecule has 1 heterocycles. The van der Waals surface area contributed by atoms with Crippen LogP contribution in [0.2, 0.25) is 0 Å². The number of ether oxygens (including phenoxy) is 2. The Morgan fingerprint density at radius 3 is 3.00 bits per heavy atom. The fourth-order valence-electron chi connectivity index (χ4n) is 1.82. The SMILES string of the molecule is CCOC(=O)CC1Oc2cccc(C)c2NC1=O. The van der Waals surface area contributed by atoms with Gasteiger partial charge in [-0.1, -0.05) is 12.1 Å². The van der Waals surface area contributed by atoms with Crippen molar-refractivity contribution in [3.63, 3.8) is 0 Å². The Kier molecular flexibility index (Phi) is 3.50. The topological polar surface area (TPSA) is 64.6 Å². The van der Waals surface area contributed by atoms with E-state index in [0.717, 1.165) is 5.56 Å². The Hall–Kier alpha value is -2.04. The van der Waals surface area contributed by atoms with Crippen molar-refractivity contribution in [3.8, 4) is 5.75 Å². The maximum atomic E-state index is 11.8. The van der Waals surface area contributed by atoms with E-state index in [-0.39, 0.29) is 12.3 Å². The van der Waals surface area contributed by atoms with Crippen LogP contribution in [0.3, 0.4) is 0 Å². The lowest BCUT2D eigenvalue weighted by atomic mass is 10.1. The van der Waals surface area contributed by atoms with Gasteiger partial charge in [0.1, 0.15) is 5.75 Å². The van der Waals surface area contributed by atoms with E-state index in [1.54, 1.807) is 13.0 Å². The van der Waals surface area contributed by atoms with Crippen molar-refractivity contribution in [2.24, 2.45) is 0 Å². The molecule has 1 unspecified atom stereocenters. The average molecular weight is 249 g/mol. The van der Waals surface area contributed by atoms with Crippen LogP contribution in [0.1, 0.15) is 18.9 Å². The molecular weight excluding hydrogens is 234 g/mol. The van der Waals surface area contributed by atoms with Crippen LogP contribution in [-0.4, -0.2) is 24.6 Å². The molecule has 1 aromatic rings. The van der Waals surface area contributed by atoms with Crippen LogP contribution in [0, 0.1) is 6.92 Å². The summed E-state index contributed by atoms with van der Waals surface area (Å²) < 4.78 is 10.3. The number of rotatable bonds is 3. The molecule has 0 saturated heterocycles. The van der Waals surface area contributed by atoms with Gasteiger partial charge in [-0.15, -0.1) is 0 Å². The largest absolute Gasteiger partial charge is 0.478 e. The number of amides is 1. The van der Waals surface area contributed by atoms with Crippen LogP contribution in [-0.2, 0) is 14.3 Å². The summed E-state index contributed by atoms with van der Waals surface area (Å²) in [4.78, 5) is 23.2. The van der Waals surface area contributed by atoms with Crippen LogP contribution < -0.4 is 10.1 Å². The van der Waals surface area contributed by atoms with Crippen molar-refractivity contribution in [3.05, 3.63) is 23.8 Å². The third-order valence-electron chi connectivity index (χ3n) is 2.70. The van der Waals surface area contributed by atoms with Crippen LogP contribution in [0.5, 0.6) is 5.75 Å². The highest BCUT2D eigenvalue weighted by Gasteiger charge is 2.30. The molecule has 2 rings (SSSR count). The fraction of sp³-hybridized carbons (Fsp3) is 0.385. The lowest BCUT2D eigenvalue weighted by molar-refractivity contribution is -0.147. The first-order chi connectivity index (χ1) is 8.61. The Bertz CT molecular complexity index is 484. The van der Waals surface area contributed by atoms with Gasteiger partial charge in [-0.3, -0.25) is 9.59 Å². The molecule has 0 spiro atoms. The van der Waals surface area contributed by atoms with Crippen LogP contribution >= 0.6 is 0 Å². The minimum atomic E-state index is -0.821. The number of fused-ring (bicyclic) bond motifs is 1. The molecule has 1 aromatic carbocycles.